The molecule has 82 valence electrons. The predicted octanol–water partition coefficient (Wildman–Crippen LogP) is 2.05. The molecule has 2 rings (SSSR count). The molecule has 0 bridgehead atoms. The molecule has 0 saturated carbocycles. The zero-order chi connectivity index (χ0) is 10.7. The van der Waals surface area contributed by atoms with Crippen LogP contribution in [0.5, 0.6) is 0 Å². The molecule has 1 N–H and O–H groups in total. The van der Waals surface area contributed by atoms with E-state index in [9.17, 15) is 0 Å². The molecular formula is C11H15BrN2O. The summed E-state index contributed by atoms with van der Waals surface area (Å²) < 4.78 is 1.00. The van der Waals surface area contributed by atoms with E-state index in [0.717, 1.165) is 36.2 Å². The van der Waals surface area contributed by atoms with Crippen molar-refractivity contribution in [3.05, 3.63) is 22.8 Å². The van der Waals surface area contributed by atoms with Gasteiger partial charge in [0.15, 0.2) is 0 Å². The third kappa shape index (κ3) is 2.69. The highest BCUT2D eigenvalue weighted by Gasteiger charge is 2.19. The monoisotopic (exact) mass is 270 g/mol. The zero-order valence-electron chi connectivity index (χ0n) is 8.56. The van der Waals surface area contributed by atoms with Gasteiger partial charge >= 0.3 is 0 Å². The van der Waals surface area contributed by atoms with Gasteiger partial charge in [0.25, 0.3) is 0 Å². The second-order valence-corrected chi connectivity index (χ2v) is 4.89. The highest BCUT2D eigenvalue weighted by Crippen LogP contribution is 2.22. The molecular weight excluding hydrogens is 256 g/mol. The number of aliphatic hydroxyl groups excluding tert-OH is 1. The normalized spacial score (nSPS) is 21.7. The molecule has 1 saturated heterocycles. The maximum absolute atomic E-state index is 9.15. The van der Waals surface area contributed by atoms with E-state index in [0.29, 0.717) is 5.92 Å². The van der Waals surface area contributed by atoms with Crippen LogP contribution in [0.3, 0.4) is 0 Å². The van der Waals surface area contributed by atoms with Crippen molar-refractivity contribution in [2.75, 3.05) is 24.6 Å². The number of pyridine rings is 1. The van der Waals surface area contributed by atoms with Gasteiger partial charge in [-0.25, -0.2) is 4.98 Å². The molecule has 0 aliphatic carbocycles. The van der Waals surface area contributed by atoms with Crippen LogP contribution >= 0.6 is 15.9 Å². The fraction of sp³-hybridized carbons (Fsp3) is 0.545. The first kappa shape index (κ1) is 10.9. The Balaban J connectivity index is 2.06. The summed E-state index contributed by atoms with van der Waals surface area (Å²) in [6.07, 6.45) is 4.09. The summed E-state index contributed by atoms with van der Waals surface area (Å²) in [6.45, 7) is 2.25. The SMILES string of the molecule is OC[C@H]1CCCN(c2ccc(Br)cn2)C1. The summed E-state index contributed by atoms with van der Waals surface area (Å²) in [6, 6.07) is 4.02. The van der Waals surface area contributed by atoms with E-state index >= 15 is 0 Å². The van der Waals surface area contributed by atoms with Gasteiger partial charge in [-0.1, -0.05) is 0 Å². The van der Waals surface area contributed by atoms with Gasteiger partial charge in [0.2, 0.25) is 0 Å². The van der Waals surface area contributed by atoms with Crippen molar-refractivity contribution in [3.8, 4) is 0 Å². The number of halogens is 1. The molecule has 0 amide bonds. The highest BCUT2D eigenvalue weighted by atomic mass is 79.9. The predicted molar refractivity (Wildman–Crippen MR) is 64.0 cm³/mol. The summed E-state index contributed by atoms with van der Waals surface area (Å²) in [5.74, 6) is 1.42. The van der Waals surface area contributed by atoms with Crippen molar-refractivity contribution >= 4 is 21.7 Å². The number of rotatable bonds is 2. The van der Waals surface area contributed by atoms with Crippen molar-refractivity contribution in [2.45, 2.75) is 12.8 Å². The van der Waals surface area contributed by atoms with Crippen LogP contribution in [0.25, 0.3) is 0 Å². The van der Waals surface area contributed by atoms with E-state index in [2.05, 4.69) is 25.8 Å². The van der Waals surface area contributed by atoms with E-state index < -0.39 is 0 Å². The molecule has 3 nitrogen and oxygen atoms in total. The number of hydrogen-bond acceptors (Lipinski definition) is 3. The quantitative estimate of drug-likeness (QED) is 0.894. The van der Waals surface area contributed by atoms with Crippen molar-refractivity contribution in [1.82, 2.24) is 4.98 Å². The maximum atomic E-state index is 9.15. The number of aliphatic hydroxyl groups is 1. The van der Waals surface area contributed by atoms with E-state index in [4.69, 9.17) is 5.11 Å². The standard InChI is InChI=1S/C11H15BrN2O/c12-10-3-4-11(13-6-10)14-5-1-2-9(7-14)8-15/h3-4,6,9,15H,1-2,5,7-8H2/t9-/m0/s1. The van der Waals surface area contributed by atoms with Gasteiger partial charge in [-0.2, -0.15) is 0 Å². The third-order valence-electron chi connectivity index (χ3n) is 2.81. The van der Waals surface area contributed by atoms with E-state index in [1.54, 1.807) is 0 Å². The molecule has 1 atom stereocenters. The Morgan fingerprint density at radius 3 is 3.07 bits per heavy atom. The molecule has 15 heavy (non-hydrogen) atoms. The molecule has 1 aromatic rings. The Hall–Kier alpha value is -0.610. The highest BCUT2D eigenvalue weighted by molar-refractivity contribution is 9.10. The van der Waals surface area contributed by atoms with Crippen LogP contribution in [-0.4, -0.2) is 29.8 Å². The van der Waals surface area contributed by atoms with Crippen molar-refractivity contribution in [1.29, 1.82) is 0 Å². The van der Waals surface area contributed by atoms with Crippen LogP contribution in [0, 0.1) is 5.92 Å². The molecule has 0 aromatic carbocycles. The van der Waals surface area contributed by atoms with Crippen LogP contribution in [-0.2, 0) is 0 Å². The lowest BCUT2D eigenvalue weighted by molar-refractivity contribution is 0.208. The van der Waals surface area contributed by atoms with Crippen LogP contribution in [0.4, 0.5) is 5.82 Å². The second kappa shape index (κ2) is 4.94. The second-order valence-electron chi connectivity index (χ2n) is 3.97. The summed E-state index contributed by atoms with van der Waals surface area (Å²) >= 11 is 3.37. The van der Waals surface area contributed by atoms with Gasteiger partial charge in [-0.15, -0.1) is 0 Å². The Kier molecular flexibility index (Phi) is 3.59. The van der Waals surface area contributed by atoms with Crippen LogP contribution < -0.4 is 4.90 Å². The molecule has 1 fully saturated rings. The lowest BCUT2D eigenvalue weighted by Crippen LogP contribution is -2.37. The average Bonchev–Trinajstić information content (AvgIpc) is 2.30. The van der Waals surface area contributed by atoms with Gasteiger partial charge in [0, 0.05) is 30.4 Å². The van der Waals surface area contributed by atoms with Gasteiger partial charge < -0.3 is 10.0 Å². The lowest BCUT2D eigenvalue weighted by atomic mass is 9.99. The van der Waals surface area contributed by atoms with Crippen molar-refractivity contribution in [2.24, 2.45) is 5.92 Å². The molecule has 4 heteroatoms. The molecule has 0 radical (unpaired) electrons. The smallest absolute Gasteiger partial charge is 0.128 e. The Labute approximate surface area is 98.3 Å². The van der Waals surface area contributed by atoms with Crippen molar-refractivity contribution in [3.63, 3.8) is 0 Å². The number of nitrogens with zero attached hydrogens (tertiary/aromatic N) is 2. The average molecular weight is 271 g/mol. The molecule has 2 heterocycles. The molecule has 1 aliphatic rings. The zero-order valence-corrected chi connectivity index (χ0v) is 10.2. The molecule has 0 spiro atoms. The van der Waals surface area contributed by atoms with Gasteiger partial charge in [-0.3, -0.25) is 0 Å². The van der Waals surface area contributed by atoms with E-state index in [-0.39, 0.29) is 6.61 Å². The van der Waals surface area contributed by atoms with E-state index in [1.165, 1.54) is 0 Å². The van der Waals surface area contributed by atoms with Crippen molar-refractivity contribution < 1.29 is 5.11 Å². The minimum absolute atomic E-state index is 0.285. The summed E-state index contributed by atoms with van der Waals surface area (Å²) in [4.78, 5) is 6.61. The number of aromatic nitrogens is 1. The maximum Gasteiger partial charge on any atom is 0.128 e. The Bertz CT molecular complexity index is 315. The molecule has 0 unspecified atom stereocenters. The summed E-state index contributed by atoms with van der Waals surface area (Å²) in [5.41, 5.74) is 0. The Morgan fingerprint density at radius 2 is 2.40 bits per heavy atom. The molecule has 1 aliphatic heterocycles. The van der Waals surface area contributed by atoms with Gasteiger partial charge in [-0.05, 0) is 46.8 Å². The van der Waals surface area contributed by atoms with Crippen LogP contribution in [0.2, 0.25) is 0 Å². The first-order chi connectivity index (χ1) is 7.29. The molecule has 1 aromatic heterocycles. The summed E-state index contributed by atoms with van der Waals surface area (Å²) in [5, 5.41) is 9.15. The largest absolute Gasteiger partial charge is 0.396 e. The van der Waals surface area contributed by atoms with Gasteiger partial charge in [0.05, 0.1) is 0 Å². The van der Waals surface area contributed by atoms with E-state index in [1.807, 2.05) is 18.3 Å². The van der Waals surface area contributed by atoms with Crippen LogP contribution in [0.1, 0.15) is 12.8 Å². The first-order valence-corrected chi connectivity index (χ1v) is 6.06. The lowest BCUT2D eigenvalue weighted by Gasteiger charge is -2.32. The minimum Gasteiger partial charge on any atom is -0.396 e. The fourth-order valence-corrected chi connectivity index (χ4v) is 2.21. The topological polar surface area (TPSA) is 36.4 Å². The number of hydrogen-bond donors (Lipinski definition) is 1. The van der Waals surface area contributed by atoms with Crippen LogP contribution in [0.15, 0.2) is 22.8 Å². The number of anilines is 1. The Morgan fingerprint density at radius 1 is 1.53 bits per heavy atom. The fourth-order valence-electron chi connectivity index (χ4n) is 1.98. The summed E-state index contributed by atoms with van der Waals surface area (Å²) in [7, 11) is 0. The first-order valence-electron chi connectivity index (χ1n) is 5.27. The van der Waals surface area contributed by atoms with Gasteiger partial charge in [0.1, 0.15) is 5.82 Å². The minimum atomic E-state index is 0.285. The third-order valence-corrected chi connectivity index (χ3v) is 3.28. The number of piperidine rings is 1.